The fraction of sp³-hybridized carbons (Fsp3) is 0.394. The van der Waals surface area contributed by atoms with Crippen molar-refractivity contribution in [2.75, 3.05) is 4.72 Å². The van der Waals surface area contributed by atoms with E-state index in [2.05, 4.69) is 35.4 Å². The molecule has 2 N–H and O–H groups in total. The van der Waals surface area contributed by atoms with Gasteiger partial charge in [0, 0.05) is 24.1 Å². The topological polar surface area (TPSA) is 80.3 Å². The number of nitrogens with zero attached hydrogens (tertiary/aromatic N) is 2. The Bertz CT molecular complexity index is 1560. The van der Waals surface area contributed by atoms with Crippen molar-refractivity contribution in [3.8, 4) is 11.8 Å². The maximum atomic E-state index is 14.9. The second-order valence-electron chi connectivity index (χ2n) is 10.1. The normalized spacial score (nSPS) is 13.0. The van der Waals surface area contributed by atoms with Crippen LogP contribution in [-0.4, -0.2) is 20.8 Å². The highest BCUT2D eigenvalue weighted by molar-refractivity contribution is 8.00. The molecule has 3 atom stereocenters. The number of benzene rings is 2. The lowest BCUT2D eigenvalue weighted by Gasteiger charge is -2.15. The Hall–Kier alpha value is -3.61. The molecule has 0 bridgehead atoms. The summed E-state index contributed by atoms with van der Waals surface area (Å²) in [5.41, 5.74) is 2.24. The van der Waals surface area contributed by atoms with E-state index >= 15 is 0 Å². The Balaban J connectivity index is 0.000000416. The molecule has 9 heteroatoms. The number of anilines is 1. The molecule has 0 spiro atoms. The first-order valence-electron chi connectivity index (χ1n) is 14.3. The second-order valence-corrected chi connectivity index (χ2v) is 11.0. The number of halogens is 2. The summed E-state index contributed by atoms with van der Waals surface area (Å²) in [7, 11) is 0. The lowest BCUT2D eigenvalue weighted by Crippen LogP contribution is -2.20. The molecule has 0 saturated heterocycles. The lowest BCUT2D eigenvalue weighted by molar-refractivity contribution is 0.151. The molecule has 0 amide bonds. The molecule has 224 valence electrons. The zero-order valence-corrected chi connectivity index (χ0v) is 25.6. The molecule has 2 aromatic heterocycles. The van der Waals surface area contributed by atoms with Crippen LogP contribution in [0.25, 0.3) is 11.1 Å². The van der Waals surface area contributed by atoms with Crippen LogP contribution in [-0.2, 0) is 0 Å². The van der Waals surface area contributed by atoms with Gasteiger partial charge < -0.3 is 14.2 Å². The summed E-state index contributed by atoms with van der Waals surface area (Å²) in [4.78, 5) is 16.5. The van der Waals surface area contributed by atoms with Crippen molar-refractivity contribution < 1.29 is 18.3 Å². The van der Waals surface area contributed by atoms with Gasteiger partial charge in [-0.25, -0.2) is 14.2 Å². The molecule has 0 radical (unpaired) electrons. The molecule has 6 nitrogen and oxygen atoms in total. The minimum absolute atomic E-state index is 0.0611. The van der Waals surface area contributed by atoms with Gasteiger partial charge in [-0.3, -0.25) is 4.57 Å². The van der Waals surface area contributed by atoms with Crippen LogP contribution in [0.3, 0.4) is 0 Å². The van der Waals surface area contributed by atoms with E-state index in [9.17, 15) is 18.7 Å². The monoisotopic (exact) mass is 595 g/mol. The summed E-state index contributed by atoms with van der Waals surface area (Å²) in [6.45, 7) is 10.3. The molecular weight excluding hydrogens is 556 g/mol. The maximum Gasteiger partial charge on any atom is 0.420 e. The van der Waals surface area contributed by atoms with Gasteiger partial charge in [0.15, 0.2) is 5.58 Å². The molecule has 2 heterocycles. The van der Waals surface area contributed by atoms with Gasteiger partial charge in [-0.2, -0.15) is 4.39 Å². The highest BCUT2D eigenvalue weighted by Gasteiger charge is 2.21. The number of nitrogens with one attached hydrogen (secondary N) is 1. The van der Waals surface area contributed by atoms with Crippen LogP contribution in [0.4, 0.5) is 14.6 Å². The van der Waals surface area contributed by atoms with Gasteiger partial charge in [0.2, 0.25) is 5.95 Å². The van der Waals surface area contributed by atoms with Crippen molar-refractivity contribution in [2.45, 2.75) is 83.8 Å². The lowest BCUT2D eigenvalue weighted by atomic mass is 10.00. The van der Waals surface area contributed by atoms with E-state index in [4.69, 9.17) is 4.42 Å². The van der Waals surface area contributed by atoms with E-state index in [0.29, 0.717) is 11.9 Å². The largest absolute Gasteiger partial charge is 0.420 e. The van der Waals surface area contributed by atoms with E-state index in [1.165, 1.54) is 41.7 Å². The number of aliphatic hydroxyl groups is 1. The van der Waals surface area contributed by atoms with Crippen molar-refractivity contribution in [1.29, 1.82) is 0 Å². The Morgan fingerprint density at radius 2 is 1.81 bits per heavy atom. The smallest absolute Gasteiger partial charge is 0.408 e. The van der Waals surface area contributed by atoms with E-state index in [-0.39, 0.29) is 22.4 Å². The molecule has 4 rings (SSSR count). The van der Waals surface area contributed by atoms with Crippen molar-refractivity contribution in [3.63, 3.8) is 0 Å². The van der Waals surface area contributed by atoms with E-state index in [1.54, 1.807) is 6.07 Å². The molecule has 42 heavy (non-hydrogen) atoms. The van der Waals surface area contributed by atoms with Gasteiger partial charge in [0.1, 0.15) is 11.6 Å². The molecule has 0 aliphatic carbocycles. The van der Waals surface area contributed by atoms with Gasteiger partial charge in [-0.15, -0.1) is 0 Å². The summed E-state index contributed by atoms with van der Waals surface area (Å²) in [5.74, 6) is 5.40. The maximum absolute atomic E-state index is 14.9. The minimum atomic E-state index is -0.646. The molecule has 0 aliphatic rings. The van der Waals surface area contributed by atoms with Crippen molar-refractivity contribution in [3.05, 3.63) is 88.0 Å². The number of fused-ring (bicyclic) bond motifs is 1. The molecule has 0 fully saturated rings. The third kappa shape index (κ3) is 8.94. The average molecular weight is 596 g/mol. The predicted octanol–water partition coefficient (Wildman–Crippen LogP) is 8.34. The Labute approximate surface area is 250 Å². The summed E-state index contributed by atoms with van der Waals surface area (Å²) in [5, 5.41) is 9.20. The van der Waals surface area contributed by atoms with Crippen molar-refractivity contribution in [1.82, 2.24) is 9.55 Å². The molecule has 4 aromatic rings. The van der Waals surface area contributed by atoms with Crippen molar-refractivity contribution >= 4 is 28.9 Å². The Morgan fingerprint density at radius 3 is 2.50 bits per heavy atom. The van der Waals surface area contributed by atoms with Crippen LogP contribution < -0.4 is 10.5 Å². The van der Waals surface area contributed by atoms with Crippen LogP contribution >= 0.6 is 11.9 Å². The van der Waals surface area contributed by atoms with Gasteiger partial charge in [-0.05, 0) is 67.8 Å². The predicted molar refractivity (Wildman–Crippen MR) is 167 cm³/mol. The summed E-state index contributed by atoms with van der Waals surface area (Å²) < 4.78 is 37.7. The molecule has 0 saturated carbocycles. The van der Waals surface area contributed by atoms with Gasteiger partial charge in [0.05, 0.1) is 22.6 Å². The molecule has 2 aromatic carbocycles. The van der Waals surface area contributed by atoms with Gasteiger partial charge >= 0.3 is 5.76 Å². The number of hydrogen-bond acceptors (Lipinski definition) is 6. The first kappa shape index (κ1) is 32.9. The number of aliphatic hydroxyl groups excluding tert-OH is 1. The number of rotatable bonds is 10. The van der Waals surface area contributed by atoms with E-state index < -0.39 is 23.6 Å². The van der Waals surface area contributed by atoms with Gasteiger partial charge in [-0.1, -0.05) is 70.2 Å². The summed E-state index contributed by atoms with van der Waals surface area (Å²) in [6, 6.07) is 14.1. The second kappa shape index (κ2) is 16.1. The zero-order chi connectivity index (χ0) is 30.6. The standard InChI is InChI=1S/C24H19F2N3O2S.C9H20O/c1-3-4-8-16-9-5-6-10-17(16)15(2)29-19-13-18(25)21(14-20(19)31-24(29)30)32-28-23-12-7-11-22(26)27-23;1-4-8(3)6-7-9(10)5-2/h5-7,9-15H,3H2,1-2H3,(H,27,28);8-10H,4-7H2,1-3H3/t15-;/m1./s1. The molecule has 0 aliphatic heterocycles. The highest BCUT2D eigenvalue weighted by Crippen LogP contribution is 2.30. The summed E-state index contributed by atoms with van der Waals surface area (Å²) in [6.07, 6.45) is 4.93. The quantitative estimate of drug-likeness (QED) is 0.109. The van der Waals surface area contributed by atoms with Crippen LogP contribution in [0.5, 0.6) is 0 Å². The fourth-order valence-electron chi connectivity index (χ4n) is 4.24. The first-order valence-corrected chi connectivity index (χ1v) is 15.2. The number of pyridine rings is 1. The number of aromatic nitrogens is 2. The Kier molecular flexibility index (Phi) is 12.6. The van der Waals surface area contributed by atoms with Crippen LogP contribution in [0.1, 0.15) is 83.9 Å². The highest BCUT2D eigenvalue weighted by atomic mass is 32.2. The Morgan fingerprint density at radius 1 is 1.05 bits per heavy atom. The van der Waals surface area contributed by atoms with Crippen LogP contribution in [0.2, 0.25) is 0 Å². The first-order chi connectivity index (χ1) is 20.2. The zero-order valence-electron chi connectivity index (χ0n) is 24.8. The van der Waals surface area contributed by atoms with Crippen LogP contribution in [0.15, 0.2) is 68.7 Å². The number of hydrogen-bond donors (Lipinski definition) is 2. The van der Waals surface area contributed by atoms with Crippen molar-refractivity contribution in [2.24, 2.45) is 5.92 Å². The molecular formula is C33H39F2N3O3S. The van der Waals surface area contributed by atoms with Crippen LogP contribution in [0, 0.1) is 29.5 Å². The third-order valence-corrected chi connectivity index (χ3v) is 7.85. The minimum Gasteiger partial charge on any atom is -0.408 e. The van der Waals surface area contributed by atoms with E-state index in [0.717, 1.165) is 41.8 Å². The van der Waals surface area contributed by atoms with Gasteiger partial charge in [0.25, 0.3) is 0 Å². The number of oxazole rings is 1. The average Bonchev–Trinajstić information content (AvgIpc) is 3.31. The fourth-order valence-corrected chi connectivity index (χ4v) is 4.89. The third-order valence-electron chi connectivity index (χ3n) is 7.01. The molecule has 2 unspecified atom stereocenters. The van der Waals surface area contributed by atoms with E-state index in [1.807, 2.05) is 45.0 Å². The SMILES string of the molecule is CCC#Cc1ccccc1[C@@H](C)n1c(=O)oc2cc(SNc3cccc(F)n3)c(F)cc21.CCC(C)CCC(O)CC. The summed E-state index contributed by atoms with van der Waals surface area (Å²) >= 11 is 0.911.